The number of rotatable bonds is 13. The average Bonchev–Trinajstić information content (AvgIpc) is 3.51. The number of likely N-dealkylation sites (tertiary alicyclic amines) is 1. The Morgan fingerprint density at radius 1 is 0.829 bits per heavy atom. The topological polar surface area (TPSA) is 107 Å². The van der Waals surface area contributed by atoms with Gasteiger partial charge in [0, 0.05) is 25.2 Å². The van der Waals surface area contributed by atoms with E-state index in [1.807, 2.05) is 12.1 Å². The molecule has 0 aliphatic carbocycles. The van der Waals surface area contributed by atoms with Gasteiger partial charge in [-0.2, -0.15) is 0 Å². The molecule has 3 aromatic rings. The minimum atomic E-state index is -4.27. The molecule has 1 fully saturated rings. The summed E-state index contributed by atoms with van der Waals surface area (Å²) in [6.45, 7) is 2.83. The number of nitrogens with one attached hydrogen (secondary N) is 1. The van der Waals surface area contributed by atoms with Crippen molar-refractivity contribution in [3.8, 4) is 23.0 Å². The Kier molecular flexibility index (Phi) is 9.95. The zero-order valence-corrected chi connectivity index (χ0v) is 24.7. The molecule has 220 valence electrons. The lowest BCUT2D eigenvalue weighted by Gasteiger charge is -2.26. The Balaban J connectivity index is 1.60. The van der Waals surface area contributed by atoms with E-state index in [-0.39, 0.29) is 28.6 Å². The Labute approximate surface area is 241 Å². The molecule has 0 radical (unpaired) electrons. The summed E-state index contributed by atoms with van der Waals surface area (Å²) in [5, 5.41) is 2.88. The van der Waals surface area contributed by atoms with Gasteiger partial charge in [0.1, 0.15) is 18.0 Å². The molecular formula is C30H37N3O7S. The van der Waals surface area contributed by atoms with Crippen molar-refractivity contribution in [3.05, 3.63) is 71.8 Å². The predicted molar refractivity (Wildman–Crippen MR) is 156 cm³/mol. The largest absolute Gasteiger partial charge is 0.497 e. The van der Waals surface area contributed by atoms with Crippen LogP contribution in [0.25, 0.3) is 0 Å². The number of carbonyl (C=O) groups excluding carboxylic acids is 1. The molecule has 41 heavy (non-hydrogen) atoms. The molecule has 1 N–H and O–H groups in total. The third-order valence-electron chi connectivity index (χ3n) is 6.97. The van der Waals surface area contributed by atoms with Crippen LogP contribution in [0.5, 0.6) is 23.0 Å². The van der Waals surface area contributed by atoms with E-state index < -0.39 is 22.5 Å². The van der Waals surface area contributed by atoms with Crippen molar-refractivity contribution in [3.63, 3.8) is 0 Å². The first-order chi connectivity index (χ1) is 19.8. The average molecular weight is 584 g/mol. The lowest BCUT2D eigenvalue weighted by atomic mass is 10.1. The first kappa shape index (κ1) is 30.0. The summed E-state index contributed by atoms with van der Waals surface area (Å²) in [6, 6.07) is 17.1. The number of sulfonamides is 1. The summed E-state index contributed by atoms with van der Waals surface area (Å²) < 4.78 is 50.5. The van der Waals surface area contributed by atoms with Crippen molar-refractivity contribution in [2.45, 2.75) is 30.8 Å². The fourth-order valence-electron chi connectivity index (χ4n) is 4.82. The van der Waals surface area contributed by atoms with Gasteiger partial charge in [0.25, 0.3) is 10.0 Å². The van der Waals surface area contributed by atoms with Crippen LogP contribution < -0.4 is 28.6 Å². The summed E-state index contributed by atoms with van der Waals surface area (Å²) in [5.41, 5.74) is 2.27. The normalized spacial score (nSPS) is 13.5. The van der Waals surface area contributed by atoms with Crippen LogP contribution in [-0.4, -0.2) is 67.3 Å². The van der Waals surface area contributed by atoms with Gasteiger partial charge in [-0.25, -0.2) is 8.42 Å². The molecule has 0 aromatic heterocycles. The van der Waals surface area contributed by atoms with Crippen molar-refractivity contribution in [1.82, 2.24) is 10.2 Å². The van der Waals surface area contributed by atoms with Crippen LogP contribution in [0, 0.1) is 0 Å². The molecule has 1 aliphatic rings. The number of hydrogen-bond donors (Lipinski definition) is 1. The number of ether oxygens (including phenoxy) is 4. The Morgan fingerprint density at radius 2 is 1.51 bits per heavy atom. The summed E-state index contributed by atoms with van der Waals surface area (Å²) in [5.74, 6) is 0.802. The highest BCUT2D eigenvalue weighted by Gasteiger charge is 2.31. The second-order valence-electron chi connectivity index (χ2n) is 9.65. The van der Waals surface area contributed by atoms with Crippen LogP contribution in [-0.2, 0) is 27.9 Å². The molecule has 0 unspecified atom stereocenters. The van der Waals surface area contributed by atoms with E-state index >= 15 is 0 Å². The highest BCUT2D eigenvalue weighted by Crippen LogP contribution is 2.37. The minimum absolute atomic E-state index is 0.0811. The van der Waals surface area contributed by atoms with E-state index in [0.29, 0.717) is 11.5 Å². The van der Waals surface area contributed by atoms with Gasteiger partial charge in [0.05, 0.1) is 39.0 Å². The summed E-state index contributed by atoms with van der Waals surface area (Å²) in [7, 11) is 1.52. The number of methoxy groups -OCH3 is 4. The molecule has 3 aromatic carbocycles. The fourth-order valence-corrected chi connectivity index (χ4v) is 6.26. The zero-order valence-electron chi connectivity index (χ0n) is 23.9. The molecule has 1 saturated heterocycles. The molecular weight excluding hydrogens is 546 g/mol. The van der Waals surface area contributed by atoms with Crippen LogP contribution in [0.2, 0.25) is 0 Å². The molecule has 0 atom stereocenters. The van der Waals surface area contributed by atoms with Crippen molar-refractivity contribution in [2.75, 3.05) is 52.4 Å². The van der Waals surface area contributed by atoms with E-state index in [2.05, 4.69) is 22.3 Å². The second-order valence-corrected chi connectivity index (χ2v) is 11.5. The molecule has 1 heterocycles. The number of hydrogen-bond acceptors (Lipinski definition) is 8. The maximum absolute atomic E-state index is 14.0. The number of amides is 1. The maximum Gasteiger partial charge on any atom is 0.265 e. The number of nitrogens with zero attached hydrogens (tertiary/aromatic N) is 2. The van der Waals surface area contributed by atoms with E-state index in [1.54, 1.807) is 12.1 Å². The van der Waals surface area contributed by atoms with Crippen molar-refractivity contribution in [2.24, 2.45) is 0 Å². The minimum Gasteiger partial charge on any atom is -0.497 e. The summed E-state index contributed by atoms with van der Waals surface area (Å²) in [6.07, 6.45) is 2.44. The Hall–Kier alpha value is -3.96. The molecule has 1 aliphatic heterocycles. The Morgan fingerprint density at radius 3 is 2.20 bits per heavy atom. The van der Waals surface area contributed by atoms with Gasteiger partial charge in [-0.05, 0) is 61.3 Å². The van der Waals surface area contributed by atoms with Crippen molar-refractivity contribution >= 4 is 21.6 Å². The van der Waals surface area contributed by atoms with Crippen LogP contribution >= 0.6 is 0 Å². The number of carbonyl (C=O) groups is 1. The third-order valence-corrected chi connectivity index (χ3v) is 8.73. The van der Waals surface area contributed by atoms with Gasteiger partial charge in [-0.1, -0.05) is 24.3 Å². The monoisotopic (exact) mass is 583 g/mol. The van der Waals surface area contributed by atoms with E-state index in [1.165, 1.54) is 71.1 Å². The Bertz CT molecular complexity index is 1460. The standard InChI is InChI=1S/C30H37N3O7S/c1-37-24-10-12-27(38-2)26(17-24)33(41(35,36)25-11-13-28(39-3)29(18-25)40-4)21-30(34)31-19-22-8-7-9-23(16-22)20-32-14-5-6-15-32/h7-13,16-18H,5-6,14-15,19-21H2,1-4H3,(H,31,34). The van der Waals surface area contributed by atoms with E-state index in [0.717, 1.165) is 29.5 Å². The van der Waals surface area contributed by atoms with Gasteiger partial charge in [-0.15, -0.1) is 0 Å². The van der Waals surface area contributed by atoms with Crippen LogP contribution in [0.15, 0.2) is 65.6 Å². The van der Waals surface area contributed by atoms with Crippen molar-refractivity contribution < 1.29 is 32.2 Å². The van der Waals surface area contributed by atoms with E-state index in [9.17, 15) is 13.2 Å². The second kappa shape index (κ2) is 13.6. The van der Waals surface area contributed by atoms with Crippen LogP contribution in [0.4, 0.5) is 5.69 Å². The van der Waals surface area contributed by atoms with E-state index in [4.69, 9.17) is 18.9 Å². The highest BCUT2D eigenvalue weighted by molar-refractivity contribution is 7.92. The smallest absolute Gasteiger partial charge is 0.265 e. The van der Waals surface area contributed by atoms with Gasteiger partial charge < -0.3 is 24.3 Å². The first-order valence-corrected chi connectivity index (χ1v) is 14.8. The predicted octanol–water partition coefficient (Wildman–Crippen LogP) is 3.83. The zero-order chi connectivity index (χ0) is 29.4. The van der Waals surface area contributed by atoms with Gasteiger partial charge in [0.2, 0.25) is 5.91 Å². The lowest BCUT2D eigenvalue weighted by molar-refractivity contribution is -0.119. The molecule has 11 heteroatoms. The van der Waals surface area contributed by atoms with Gasteiger partial charge in [0.15, 0.2) is 11.5 Å². The fraction of sp³-hybridized carbons (Fsp3) is 0.367. The maximum atomic E-state index is 14.0. The lowest BCUT2D eigenvalue weighted by Crippen LogP contribution is -2.41. The summed E-state index contributed by atoms with van der Waals surface area (Å²) >= 11 is 0. The van der Waals surface area contributed by atoms with Crippen molar-refractivity contribution in [1.29, 1.82) is 0 Å². The molecule has 10 nitrogen and oxygen atoms in total. The molecule has 1 amide bonds. The summed E-state index contributed by atoms with van der Waals surface area (Å²) in [4.78, 5) is 15.6. The SMILES string of the molecule is COc1ccc(OC)c(N(CC(=O)NCc2cccc(CN3CCCC3)c2)S(=O)(=O)c2ccc(OC)c(OC)c2)c1. The van der Waals surface area contributed by atoms with Crippen LogP contribution in [0.1, 0.15) is 24.0 Å². The molecule has 0 spiro atoms. The first-order valence-electron chi connectivity index (χ1n) is 13.3. The number of benzene rings is 3. The number of anilines is 1. The highest BCUT2D eigenvalue weighted by atomic mass is 32.2. The molecule has 0 saturated carbocycles. The quantitative estimate of drug-likeness (QED) is 0.324. The van der Waals surface area contributed by atoms with Crippen LogP contribution in [0.3, 0.4) is 0 Å². The third kappa shape index (κ3) is 7.22. The molecule has 4 rings (SSSR count). The van der Waals surface area contributed by atoms with Gasteiger partial charge >= 0.3 is 0 Å². The van der Waals surface area contributed by atoms with Gasteiger partial charge in [-0.3, -0.25) is 14.0 Å². The molecule has 0 bridgehead atoms.